The highest BCUT2D eigenvalue weighted by Gasteiger charge is 2.27. The molecule has 19 heavy (non-hydrogen) atoms. The average molecular weight is 282 g/mol. The van der Waals surface area contributed by atoms with E-state index in [1.165, 1.54) is 0 Å². The van der Waals surface area contributed by atoms with Crippen LogP contribution >= 0.6 is 11.6 Å². The van der Waals surface area contributed by atoms with Gasteiger partial charge in [0.1, 0.15) is 5.84 Å². The Morgan fingerprint density at radius 3 is 2.74 bits per heavy atom. The first-order chi connectivity index (χ1) is 8.95. The van der Waals surface area contributed by atoms with Gasteiger partial charge in [0, 0.05) is 23.7 Å². The van der Waals surface area contributed by atoms with Gasteiger partial charge in [0.05, 0.1) is 6.10 Å². The summed E-state index contributed by atoms with van der Waals surface area (Å²) >= 11 is 6.21. The standard InChI is InChI=1S/C14H20ClN3O/c1-18(7-9-4-12(19)5-9)8-11-3-2-10(14(16)17)6-13(11)15/h2-3,6,9,12,19H,4-5,7-8H2,1H3,(H3,16,17). The molecule has 2 rings (SSSR count). The van der Waals surface area contributed by atoms with Gasteiger partial charge in [-0.1, -0.05) is 23.7 Å². The Balaban J connectivity index is 1.93. The summed E-state index contributed by atoms with van der Waals surface area (Å²) in [6.45, 7) is 1.74. The summed E-state index contributed by atoms with van der Waals surface area (Å²) < 4.78 is 0. The van der Waals surface area contributed by atoms with E-state index < -0.39 is 0 Å². The Bertz CT molecular complexity index is 472. The van der Waals surface area contributed by atoms with Crippen molar-refractivity contribution in [3.05, 3.63) is 34.3 Å². The van der Waals surface area contributed by atoms with Crippen LogP contribution in [0.1, 0.15) is 24.0 Å². The van der Waals surface area contributed by atoms with E-state index in [0.29, 0.717) is 16.5 Å². The zero-order valence-corrected chi connectivity index (χ0v) is 11.8. The van der Waals surface area contributed by atoms with Gasteiger partial charge in [-0.15, -0.1) is 0 Å². The molecule has 1 aliphatic carbocycles. The lowest BCUT2D eigenvalue weighted by molar-refractivity contribution is 0.0274. The summed E-state index contributed by atoms with van der Waals surface area (Å²) in [7, 11) is 2.06. The van der Waals surface area contributed by atoms with Crippen LogP contribution in [0.25, 0.3) is 0 Å². The van der Waals surface area contributed by atoms with E-state index in [4.69, 9.17) is 22.7 Å². The number of amidine groups is 1. The van der Waals surface area contributed by atoms with Gasteiger partial charge in [0.15, 0.2) is 0 Å². The lowest BCUT2D eigenvalue weighted by Crippen LogP contribution is -2.36. The van der Waals surface area contributed by atoms with E-state index in [-0.39, 0.29) is 11.9 Å². The smallest absolute Gasteiger partial charge is 0.122 e. The van der Waals surface area contributed by atoms with Gasteiger partial charge in [-0.2, -0.15) is 0 Å². The quantitative estimate of drug-likeness (QED) is 0.569. The summed E-state index contributed by atoms with van der Waals surface area (Å²) in [6.07, 6.45) is 1.71. The molecule has 1 aromatic rings. The third-order valence-corrected chi connectivity index (χ3v) is 3.94. The third kappa shape index (κ3) is 3.69. The largest absolute Gasteiger partial charge is 0.393 e. The van der Waals surface area contributed by atoms with Crippen molar-refractivity contribution in [3.63, 3.8) is 0 Å². The maximum Gasteiger partial charge on any atom is 0.122 e. The molecule has 1 saturated carbocycles. The fourth-order valence-electron chi connectivity index (χ4n) is 2.49. The monoisotopic (exact) mass is 281 g/mol. The number of halogens is 1. The molecule has 0 atom stereocenters. The molecule has 0 heterocycles. The third-order valence-electron chi connectivity index (χ3n) is 3.59. The summed E-state index contributed by atoms with van der Waals surface area (Å²) in [5.41, 5.74) is 7.12. The van der Waals surface area contributed by atoms with E-state index in [1.807, 2.05) is 12.1 Å². The van der Waals surface area contributed by atoms with E-state index in [9.17, 15) is 5.11 Å². The Morgan fingerprint density at radius 1 is 1.53 bits per heavy atom. The molecule has 0 amide bonds. The lowest BCUT2D eigenvalue weighted by atomic mass is 9.82. The molecule has 104 valence electrons. The highest BCUT2D eigenvalue weighted by atomic mass is 35.5. The second-order valence-electron chi connectivity index (χ2n) is 5.41. The van der Waals surface area contributed by atoms with Gasteiger partial charge in [-0.25, -0.2) is 0 Å². The lowest BCUT2D eigenvalue weighted by Gasteiger charge is -2.34. The molecule has 1 aliphatic rings. The molecule has 0 radical (unpaired) electrons. The SMILES string of the molecule is CN(Cc1ccc(C(=N)N)cc1Cl)CC1CC(O)C1. The van der Waals surface area contributed by atoms with Crippen molar-refractivity contribution >= 4 is 17.4 Å². The van der Waals surface area contributed by atoms with E-state index >= 15 is 0 Å². The molecule has 1 fully saturated rings. The van der Waals surface area contributed by atoms with Crippen molar-refractivity contribution in [1.29, 1.82) is 5.41 Å². The number of benzene rings is 1. The Kier molecular flexibility index (Phi) is 4.45. The number of nitrogen functional groups attached to an aromatic ring is 1. The molecule has 5 heteroatoms. The first-order valence-electron chi connectivity index (χ1n) is 6.45. The Labute approximate surface area is 118 Å². The molecular formula is C14H20ClN3O. The van der Waals surface area contributed by atoms with E-state index in [2.05, 4.69) is 11.9 Å². The van der Waals surface area contributed by atoms with Crippen molar-refractivity contribution in [2.45, 2.75) is 25.5 Å². The number of nitrogens with two attached hydrogens (primary N) is 1. The van der Waals surface area contributed by atoms with Gasteiger partial charge < -0.3 is 15.7 Å². The predicted octanol–water partition coefficient (Wildman–Crippen LogP) is 1.83. The van der Waals surface area contributed by atoms with Crippen molar-refractivity contribution in [1.82, 2.24) is 4.90 Å². The predicted molar refractivity (Wildman–Crippen MR) is 77.5 cm³/mol. The van der Waals surface area contributed by atoms with Gasteiger partial charge in [-0.3, -0.25) is 5.41 Å². The number of rotatable bonds is 5. The van der Waals surface area contributed by atoms with Crippen LogP contribution in [0.3, 0.4) is 0 Å². The zero-order valence-electron chi connectivity index (χ0n) is 11.1. The number of nitrogens with one attached hydrogen (secondary N) is 1. The Hall–Kier alpha value is -1.10. The number of nitrogens with zero attached hydrogens (tertiary/aromatic N) is 1. The van der Waals surface area contributed by atoms with Crippen molar-refractivity contribution in [2.75, 3.05) is 13.6 Å². The minimum Gasteiger partial charge on any atom is -0.393 e. The van der Waals surface area contributed by atoms with Crippen molar-refractivity contribution < 1.29 is 5.11 Å². The van der Waals surface area contributed by atoms with Crippen LogP contribution in [0.5, 0.6) is 0 Å². The minimum absolute atomic E-state index is 0.0326. The zero-order chi connectivity index (χ0) is 14.0. The van der Waals surface area contributed by atoms with Crippen LogP contribution in [-0.4, -0.2) is 35.5 Å². The second kappa shape index (κ2) is 5.90. The van der Waals surface area contributed by atoms with E-state index in [0.717, 1.165) is 31.5 Å². The Morgan fingerprint density at radius 2 is 2.21 bits per heavy atom. The van der Waals surface area contributed by atoms with Gasteiger partial charge >= 0.3 is 0 Å². The number of hydrogen-bond acceptors (Lipinski definition) is 3. The molecule has 0 bridgehead atoms. The normalized spacial score (nSPS) is 22.3. The van der Waals surface area contributed by atoms with Crippen molar-refractivity contribution in [2.24, 2.45) is 11.7 Å². The summed E-state index contributed by atoms with van der Waals surface area (Å²) in [5, 5.41) is 17.3. The van der Waals surface area contributed by atoms with Gasteiger partial charge in [0.2, 0.25) is 0 Å². The first-order valence-corrected chi connectivity index (χ1v) is 6.83. The van der Waals surface area contributed by atoms with Crippen LogP contribution in [0.15, 0.2) is 18.2 Å². The maximum atomic E-state index is 9.28. The number of aliphatic hydroxyl groups excluding tert-OH is 1. The van der Waals surface area contributed by atoms with E-state index in [1.54, 1.807) is 6.07 Å². The van der Waals surface area contributed by atoms with Crippen LogP contribution in [-0.2, 0) is 6.54 Å². The molecule has 0 saturated heterocycles. The van der Waals surface area contributed by atoms with Crippen LogP contribution in [0, 0.1) is 11.3 Å². The fraction of sp³-hybridized carbons (Fsp3) is 0.500. The average Bonchev–Trinajstić information content (AvgIpc) is 2.29. The summed E-state index contributed by atoms with van der Waals surface area (Å²) in [5.74, 6) is 0.625. The highest BCUT2D eigenvalue weighted by Crippen LogP contribution is 2.28. The fourth-order valence-corrected chi connectivity index (χ4v) is 2.73. The van der Waals surface area contributed by atoms with Crippen LogP contribution < -0.4 is 5.73 Å². The molecule has 0 unspecified atom stereocenters. The second-order valence-corrected chi connectivity index (χ2v) is 5.82. The van der Waals surface area contributed by atoms with Gasteiger partial charge in [-0.05, 0) is 37.4 Å². The molecule has 1 aromatic carbocycles. The number of hydrogen-bond donors (Lipinski definition) is 3. The molecule has 4 nitrogen and oxygen atoms in total. The van der Waals surface area contributed by atoms with Crippen molar-refractivity contribution in [3.8, 4) is 0 Å². The molecule has 0 spiro atoms. The van der Waals surface area contributed by atoms with Crippen LogP contribution in [0.2, 0.25) is 5.02 Å². The molecule has 0 aliphatic heterocycles. The van der Waals surface area contributed by atoms with Gasteiger partial charge in [0.25, 0.3) is 0 Å². The maximum absolute atomic E-state index is 9.28. The topological polar surface area (TPSA) is 73.3 Å². The van der Waals surface area contributed by atoms with Crippen LogP contribution in [0.4, 0.5) is 0 Å². The molecular weight excluding hydrogens is 262 g/mol. The number of aliphatic hydroxyl groups is 1. The summed E-state index contributed by atoms with van der Waals surface area (Å²) in [6, 6.07) is 5.48. The molecule has 0 aromatic heterocycles. The molecule has 4 N–H and O–H groups in total. The minimum atomic E-state index is -0.100. The highest BCUT2D eigenvalue weighted by molar-refractivity contribution is 6.31. The first kappa shape index (κ1) is 14.3. The summed E-state index contributed by atoms with van der Waals surface area (Å²) in [4.78, 5) is 2.21.